The Labute approximate surface area is 111 Å². The number of hydrogen-bond acceptors (Lipinski definition) is 3. The highest BCUT2D eigenvalue weighted by Crippen LogP contribution is 2.20. The van der Waals surface area contributed by atoms with Crippen molar-refractivity contribution >= 4 is 11.7 Å². The minimum Gasteiger partial charge on any atom is -0.368 e. The van der Waals surface area contributed by atoms with Gasteiger partial charge in [0.25, 0.3) is 0 Å². The highest BCUT2D eigenvalue weighted by atomic mass is 16.1. The average Bonchev–Trinajstić information content (AvgIpc) is 2.87. The van der Waals surface area contributed by atoms with Crippen LogP contribution in [0.15, 0.2) is 36.7 Å². The summed E-state index contributed by atoms with van der Waals surface area (Å²) < 4.78 is 1.52. The zero-order valence-electron chi connectivity index (χ0n) is 10.8. The fourth-order valence-corrected chi connectivity index (χ4v) is 1.73. The van der Waals surface area contributed by atoms with Crippen molar-refractivity contribution in [2.24, 2.45) is 5.73 Å². The van der Waals surface area contributed by atoms with Crippen LogP contribution >= 0.6 is 0 Å². The second-order valence-corrected chi connectivity index (χ2v) is 4.42. The summed E-state index contributed by atoms with van der Waals surface area (Å²) in [5.41, 5.74) is 7.72. The first kappa shape index (κ1) is 13.0. The number of carbonyl (C=O) groups excluding carboxylic acids is 2. The number of aromatic nitrogens is 2. The average molecular weight is 257 g/mol. The maximum absolute atomic E-state index is 11.2. The monoisotopic (exact) mass is 257 g/mol. The normalized spacial score (nSPS) is 12.1. The molecule has 0 aliphatic carbocycles. The van der Waals surface area contributed by atoms with Gasteiger partial charge in [-0.2, -0.15) is 5.10 Å². The van der Waals surface area contributed by atoms with Gasteiger partial charge < -0.3 is 5.73 Å². The number of amides is 1. The summed E-state index contributed by atoms with van der Waals surface area (Å²) in [5.74, 6) is -0.397. The van der Waals surface area contributed by atoms with E-state index in [0.29, 0.717) is 5.56 Å². The molecule has 2 aromatic rings. The molecule has 0 bridgehead atoms. The van der Waals surface area contributed by atoms with Crippen LogP contribution in [0.1, 0.15) is 30.2 Å². The summed E-state index contributed by atoms with van der Waals surface area (Å²) in [5, 5.41) is 4.12. The van der Waals surface area contributed by atoms with Crippen molar-refractivity contribution in [2.75, 3.05) is 0 Å². The SMILES string of the molecule is CC(=O)c1ccc(-c2cnn([C@@H](C)C(N)=O)c2)cc1. The van der Waals surface area contributed by atoms with Gasteiger partial charge in [0.15, 0.2) is 5.78 Å². The number of carbonyl (C=O) groups is 2. The lowest BCUT2D eigenvalue weighted by atomic mass is 10.1. The molecule has 0 aliphatic heterocycles. The Morgan fingerprint density at radius 3 is 2.37 bits per heavy atom. The number of primary amides is 1. The van der Waals surface area contributed by atoms with Crippen LogP contribution in [0, 0.1) is 0 Å². The molecule has 0 spiro atoms. The third-order valence-electron chi connectivity index (χ3n) is 3.03. The Kier molecular flexibility index (Phi) is 3.46. The highest BCUT2D eigenvalue weighted by molar-refractivity contribution is 5.94. The van der Waals surface area contributed by atoms with Crippen molar-refractivity contribution in [3.8, 4) is 11.1 Å². The molecule has 2 N–H and O–H groups in total. The third-order valence-corrected chi connectivity index (χ3v) is 3.03. The van der Waals surface area contributed by atoms with Crippen LogP contribution < -0.4 is 5.73 Å². The predicted molar refractivity (Wildman–Crippen MR) is 71.6 cm³/mol. The van der Waals surface area contributed by atoms with Crippen molar-refractivity contribution in [1.29, 1.82) is 0 Å². The maximum Gasteiger partial charge on any atom is 0.241 e. The number of nitrogens with zero attached hydrogens (tertiary/aromatic N) is 2. The van der Waals surface area contributed by atoms with E-state index in [1.165, 1.54) is 11.6 Å². The molecule has 1 aromatic carbocycles. The minimum absolute atomic E-state index is 0.0320. The number of nitrogens with two attached hydrogens (primary N) is 1. The molecule has 0 aliphatic rings. The molecule has 0 unspecified atom stereocenters. The van der Waals surface area contributed by atoms with E-state index in [-0.39, 0.29) is 5.78 Å². The number of ketones is 1. The lowest BCUT2D eigenvalue weighted by Crippen LogP contribution is -2.24. The molecule has 2 rings (SSSR count). The molecular weight excluding hydrogens is 242 g/mol. The molecule has 0 saturated carbocycles. The van der Waals surface area contributed by atoms with Gasteiger partial charge in [-0.05, 0) is 19.4 Å². The standard InChI is InChI=1S/C14H15N3O2/c1-9(14(15)19)17-8-13(7-16-17)12-5-3-11(4-6-12)10(2)18/h3-9H,1-2H3,(H2,15,19)/t9-/m0/s1. The van der Waals surface area contributed by atoms with E-state index in [0.717, 1.165) is 11.1 Å². The predicted octanol–water partition coefficient (Wildman–Crippen LogP) is 1.80. The van der Waals surface area contributed by atoms with Crippen molar-refractivity contribution in [2.45, 2.75) is 19.9 Å². The van der Waals surface area contributed by atoms with Crippen LogP contribution in [0.25, 0.3) is 11.1 Å². The van der Waals surface area contributed by atoms with Crippen LogP contribution in [0.4, 0.5) is 0 Å². The summed E-state index contributed by atoms with van der Waals surface area (Å²) >= 11 is 0. The van der Waals surface area contributed by atoms with Crippen LogP contribution in [-0.4, -0.2) is 21.5 Å². The summed E-state index contributed by atoms with van der Waals surface area (Å²) in [4.78, 5) is 22.3. The van der Waals surface area contributed by atoms with Gasteiger partial charge in [0, 0.05) is 17.3 Å². The second-order valence-electron chi connectivity index (χ2n) is 4.42. The van der Waals surface area contributed by atoms with Gasteiger partial charge in [0.1, 0.15) is 6.04 Å². The number of benzene rings is 1. The van der Waals surface area contributed by atoms with Crippen molar-refractivity contribution < 1.29 is 9.59 Å². The zero-order valence-corrected chi connectivity index (χ0v) is 10.8. The molecular formula is C14H15N3O2. The molecule has 98 valence electrons. The first-order valence-corrected chi connectivity index (χ1v) is 5.94. The molecule has 1 amide bonds. The number of Topliss-reactive ketones (excluding diaryl/α,β-unsaturated/α-hetero) is 1. The summed E-state index contributed by atoms with van der Waals surface area (Å²) in [6.45, 7) is 3.22. The van der Waals surface area contributed by atoms with E-state index < -0.39 is 11.9 Å². The Hall–Kier alpha value is -2.43. The quantitative estimate of drug-likeness (QED) is 0.848. The Morgan fingerprint density at radius 2 is 1.84 bits per heavy atom. The second kappa shape index (κ2) is 5.06. The van der Waals surface area contributed by atoms with Crippen LogP contribution in [0.5, 0.6) is 0 Å². The topological polar surface area (TPSA) is 78.0 Å². The molecule has 0 saturated heterocycles. The van der Waals surface area contributed by atoms with E-state index in [2.05, 4.69) is 5.10 Å². The summed E-state index contributed by atoms with van der Waals surface area (Å²) in [6.07, 6.45) is 3.43. The van der Waals surface area contributed by atoms with Gasteiger partial charge in [-0.15, -0.1) is 0 Å². The van der Waals surface area contributed by atoms with Crippen molar-refractivity contribution in [3.05, 3.63) is 42.2 Å². The maximum atomic E-state index is 11.2. The van der Waals surface area contributed by atoms with E-state index in [1.54, 1.807) is 31.5 Å². The lowest BCUT2D eigenvalue weighted by Gasteiger charge is -2.06. The third kappa shape index (κ3) is 2.70. The fraction of sp³-hybridized carbons (Fsp3) is 0.214. The summed E-state index contributed by atoms with van der Waals surface area (Å²) in [6, 6.07) is 6.77. The van der Waals surface area contributed by atoms with Gasteiger partial charge in [0.05, 0.1) is 6.20 Å². The Bertz CT molecular complexity index is 614. The first-order valence-electron chi connectivity index (χ1n) is 5.94. The van der Waals surface area contributed by atoms with E-state index in [9.17, 15) is 9.59 Å². The Balaban J connectivity index is 2.27. The van der Waals surface area contributed by atoms with Crippen molar-refractivity contribution in [1.82, 2.24) is 9.78 Å². The van der Waals surface area contributed by atoms with Gasteiger partial charge in [-0.1, -0.05) is 24.3 Å². The molecule has 0 fully saturated rings. The molecule has 1 aromatic heterocycles. The minimum atomic E-state index is -0.481. The first-order chi connectivity index (χ1) is 8.99. The van der Waals surface area contributed by atoms with Crippen LogP contribution in [0.3, 0.4) is 0 Å². The fourth-order valence-electron chi connectivity index (χ4n) is 1.73. The van der Waals surface area contributed by atoms with Gasteiger partial charge in [-0.25, -0.2) is 0 Å². The molecule has 5 nitrogen and oxygen atoms in total. The van der Waals surface area contributed by atoms with Crippen LogP contribution in [0.2, 0.25) is 0 Å². The Morgan fingerprint density at radius 1 is 1.21 bits per heavy atom. The lowest BCUT2D eigenvalue weighted by molar-refractivity contribution is -0.120. The number of hydrogen-bond donors (Lipinski definition) is 1. The zero-order chi connectivity index (χ0) is 14.0. The van der Waals surface area contributed by atoms with Gasteiger partial charge in [-0.3, -0.25) is 14.3 Å². The molecule has 1 atom stereocenters. The van der Waals surface area contributed by atoms with Gasteiger partial charge >= 0.3 is 0 Å². The largest absolute Gasteiger partial charge is 0.368 e. The molecule has 19 heavy (non-hydrogen) atoms. The van der Waals surface area contributed by atoms with E-state index in [1.807, 2.05) is 12.1 Å². The highest BCUT2D eigenvalue weighted by Gasteiger charge is 2.12. The summed E-state index contributed by atoms with van der Waals surface area (Å²) in [7, 11) is 0. The van der Waals surface area contributed by atoms with E-state index in [4.69, 9.17) is 5.73 Å². The van der Waals surface area contributed by atoms with Gasteiger partial charge in [0.2, 0.25) is 5.91 Å². The van der Waals surface area contributed by atoms with Crippen molar-refractivity contribution in [3.63, 3.8) is 0 Å². The molecule has 1 heterocycles. The molecule has 0 radical (unpaired) electrons. The van der Waals surface area contributed by atoms with E-state index >= 15 is 0 Å². The number of rotatable bonds is 4. The van der Waals surface area contributed by atoms with Crippen LogP contribution in [-0.2, 0) is 4.79 Å². The smallest absolute Gasteiger partial charge is 0.241 e. The molecule has 5 heteroatoms.